The summed E-state index contributed by atoms with van der Waals surface area (Å²) in [6, 6.07) is 17.1. The number of aromatic nitrogens is 1. The molecule has 1 atom stereocenters. The maximum absolute atomic E-state index is 13.5. The van der Waals surface area contributed by atoms with E-state index >= 15 is 0 Å². The van der Waals surface area contributed by atoms with Gasteiger partial charge in [-0.3, -0.25) is 4.79 Å². The molecule has 0 saturated carbocycles. The second-order valence-corrected chi connectivity index (χ2v) is 7.95. The number of para-hydroxylation sites is 1. The van der Waals surface area contributed by atoms with Gasteiger partial charge in [0, 0.05) is 47.9 Å². The van der Waals surface area contributed by atoms with Crippen LogP contribution in [0, 0.1) is 0 Å². The van der Waals surface area contributed by atoms with E-state index in [0.29, 0.717) is 24.7 Å². The van der Waals surface area contributed by atoms with Gasteiger partial charge in [0.15, 0.2) is 0 Å². The van der Waals surface area contributed by atoms with Crippen LogP contribution >= 0.6 is 11.6 Å². The van der Waals surface area contributed by atoms with E-state index < -0.39 is 0 Å². The van der Waals surface area contributed by atoms with E-state index in [2.05, 4.69) is 4.98 Å². The third-order valence-electron chi connectivity index (χ3n) is 5.85. The van der Waals surface area contributed by atoms with Crippen LogP contribution in [0.15, 0.2) is 54.6 Å². The molecule has 0 bridgehead atoms. The van der Waals surface area contributed by atoms with Gasteiger partial charge in [-0.25, -0.2) is 0 Å². The number of phenols is 1. The molecule has 0 spiro atoms. The molecule has 4 aromatic rings. The van der Waals surface area contributed by atoms with Crippen molar-refractivity contribution in [2.24, 2.45) is 0 Å². The number of benzene rings is 3. The number of methoxy groups -OCH3 is 1. The molecule has 1 aliphatic rings. The predicted octanol–water partition coefficient (Wildman–Crippen LogP) is 5.16. The van der Waals surface area contributed by atoms with Crippen molar-refractivity contribution in [2.45, 2.75) is 12.5 Å². The maximum Gasteiger partial charge on any atom is 0.274 e. The summed E-state index contributed by atoms with van der Waals surface area (Å²) in [4.78, 5) is 18.5. The van der Waals surface area contributed by atoms with Crippen molar-refractivity contribution in [1.29, 1.82) is 0 Å². The first kappa shape index (κ1) is 19.0. The topological polar surface area (TPSA) is 65.6 Å². The summed E-state index contributed by atoms with van der Waals surface area (Å²) in [6.45, 7) is 0.942. The Morgan fingerprint density at radius 2 is 2.00 bits per heavy atom. The van der Waals surface area contributed by atoms with Gasteiger partial charge in [0.25, 0.3) is 5.91 Å². The quantitative estimate of drug-likeness (QED) is 0.448. The Hall–Kier alpha value is -3.02. The zero-order valence-electron chi connectivity index (χ0n) is 16.5. The van der Waals surface area contributed by atoms with Gasteiger partial charge in [-0.1, -0.05) is 42.5 Å². The number of carbonyl (C=O) groups excluding carboxylic acids is 1. The van der Waals surface area contributed by atoms with Gasteiger partial charge in [-0.05, 0) is 17.0 Å². The number of phenolic OH excluding ortho intramolecular Hbond substituents is 1. The maximum atomic E-state index is 13.5. The van der Waals surface area contributed by atoms with Crippen LogP contribution in [-0.2, 0) is 11.3 Å². The summed E-state index contributed by atoms with van der Waals surface area (Å²) < 4.78 is 5.28. The Morgan fingerprint density at radius 3 is 2.77 bits per heavy atom. The highest BCUT2D eigenvalue weighted by Crippen LogP contribution is 2.45. The molecule has 0 aliphatic carbocycles. The average molecular weight is 421 g/mol. The number of anilines is 1. The van der Waals surface area contributed by atoms with Crippen LogP contribution in [0.1, 0.15) is 27.5 Å². The van der Waals surface area contributed by atoms with Gasteiger partial charge in [0.1, 0.15) is 11.4 Å². The fourth-order valence-corrected chi connectivity index (χ4v) is 4.75. The number of H-pyrrole nitrogens is 1. The number of rotatable bonds is 4. The fourth-order valence-electron chi connectivity index (χ4n) is 4.50. The van der Waals surface area contributed by atoms with Crippen molar-refractivity contribution in [3.8, 4) is 5.75 Å². The molecule has 6 heteroatoms. The number of amides is 1. The first-order valence-electron chi connectivity index (χ1n) is 9.84. The van der Waals surface area contributed by atoms with E-state index in [1.54, 1.807) is 18.1 Å². The SMILES string of the molecule is COCc1cccc2cc(C(=O)N3CC(CCl)c4c3cc(O)c3ccccc43)[nH]c12. The lowest BCUT2D eigenvalue weighted by atomic mass is 9.95. The van der Waals surface area contributed by atoms with Gasteiger partial charge >= 0.3 is 0 Å². The largest absolute Gasteiger partial charge is 0.507 e. The Kier molecular flexibility index (Phi) is 4.65. The second-order valence-electron chi connectivity index (χ2n) is 7.64. The van der Waals surface area contributed by atoms with E-state index in [-0.39, 0.29) is 17.6 Å². The van der Waals surface area contributed by atoms with Gasteiger partial charge in [-0.15, -0.1) is 11.6 Å². The summed E-state index contributed by atoms with van der Waals surface area (Å²) in [6.07, 6.45) is 0. The van der Waals surface area contributed by atoms with Crippen molar-refractivity contribution >= 4 is 44.9 Å². The molecule has 2 N–H and O–H groups in total. The minimum Gasteiger partial charge on any atom is -0.507 e. The standard InChI is InChI=1S/C24H21ClN2O3/c1-30-13-15-6-4-5-14-9-19(26-23(14)15)24(29)27-12-16(11-25)22-18-8-3-2-7-17(18)21(28)10-20(22)27/h2-10,16,26,28H,11-13H2,1H3. The number of hydrogen-bond donors (Lipinski definition) is 2. The number of aromatic amines is 1. The molecule has 5 rings (SSSR count). The lowest BCUT2D eigenvalue weighted by Gasteiger charge is -2.17. The molecular weight excluding hydrogens is 400 g/mol. The van der Waals surface area contributed by atoms with Crippen molar-refractivity contribution in [2.75, 3.05) is 24.4 Å². The molecule has 2 heterocycles. The van der Waals surface area contributed by atoms with Crippen molar-refractivity contribution in [3.05, 3.63) is 71.4 Å². The Balaban J connectivity index is 1.62. The van der Waals surface area contributed by atoms with Crippen LogP contribution in [-0.4, -0.2) is 35.5 Å². The molecule has 1 aromatic heterocycles. The molecule has 0 fully saturated rings. The van der Waals surface area contributed by atoms with Gasteiger partial charge in [0.2, 0.25) is 0 Å². The summed E-state index contributed by atoms with van der Waals surface area (Å²) in [7, 11) is 1.65. The highest BCUT2D eigenvalue weighted by molar-refractivity contribution is 6.19. The Labute approximate surface area is 178 Å². The van der Waals surface area contributed by atoms with Crippen LogP contribution < -0.4 is 4.90 Å². The Bertz CT molecular complexity index is 1280. The number of ether oxygens (including phenoxy) is 1. The van der Waals surface area contributed by atoms with E-state index in [9.17, 15) is 9.90 Å². The summed E-state index contributed by atoms with van der Waals surface area (Å²) in [5.41, 5.74) is 4.14. The lowest BCUT2D eigenvalue weighted by Crippen LogP contribution is -2.30. The first-order chi connectivity index (χ1) is 14.6. The lowest BCUT2D eigenvalue weighted by molar-refractivity contribution is 0.0984. The number of hydrogen-bond acceptors (Lipinski definition) is 3. The first-order valence-corrected chi connectivity index (χ1v) is 10.4. The molecule has 152 valence electrons. The molecule has 30 heavy (non-hydrogen) atoms. The van der Waals surface area contributed by atoms with Gasteiger partial charge in [-0.2, -0.15) is 0 Å². The normalized spacial score (nSPS) is 15.8. The van der Waals surface area contributed by atoms with E-state index in [0.717, 1.165) is 38.5 Å². The predicted molar refractivity (Wildman–Crippen MR) is 120 cm³/mol. The molecule has 0 saturated heterocycles. The van der Waals surface area contributed by atoms with Crippen LogP contribution in [0.3, 0.4) is 0 Å². The highest BCUT2D eigenvalue weighted by atomic mass is 35.5. The van der Waals surface area contributed by atoms with Crippen molar-refractivity contribution in [3.63, 3.8) is 0 Å². The molecule has 1 unspecified atom stereocenters. The molecule has 3 aromatic carbocycles. The molecule has 1 aliphatic heterocycles. The number of halogens is 1. The van der Waals surface area contributed by atoms with Crippen LogP contribution in [0.5, 0.6) is 5.75 Å². The van der Waals surface area contributed by atoms with E-state index in [4.69, 9.17) is 16.3 Å². The zero-order chi connectivity index (χ0) is 20.8. The third kappa shape index (κ3) is 2.85. The molecule has 5 nitrogen and oxygen atoms in total. The minimum atomic E-state index is -0.141. The number of nitrogens with one attached hydrogen (secondary N) is 1. The summed E-state index contributed by atoms with van der Waals surface area (Å²) in [5.74, 6) is 0.426. The summed E-state index contributed by atoms with van der Waals surface area (Å²) in [5, 5.41) is 13.3. The minimum absolute atomic E-state index is 0.00421. The third-order valence-corrected chi connectivity index (χ3v) is 6.22. The molecule has 0 radical (unpaired) electrons. The summed E-state index contributed by atoms with van der Waals surface area (Å²) >= 11 is 6.29. The zero-order valence-corrected chi connectivity index (χ0v) is 17.2. The number of carbonyl (C=O) groups is 1. The smallest absolute Gasteiger partial charge is 0.274 e. The van der Waals surface area contributed by atoms with E-state index in [1.807, 2.05) is 48.5 Å². The number of aromatic hydroxyl groups is 1. The van der Waals surface area contributed by atoms with Crippen LogP contribution in [0.4, 0.5) is 5.69 Å². The highest BCUT2D eigenvalue weighted by Gasteiger charge is 2.35. The number of alkyl halides is 1. The van der Waals surface area contributed by atoms with Crippen LogP contribution in [0.2, 0.25) is 0 Å². The number of fused-ring (bicyclic) bond motifs is 4. The fraction of sp³-hybridized carbons (Fsp3) is 0.208. The van der Waals surface area contributed by atoms with Gasteiger partial charge < -0.3 is 19.7 Å². The van der Waals surface area contributed by atoms with E-state index in [1.165, 1.54) is 0 Å². The second kappa shape index (κ2) is 7.35. The molecule has 1 amide bonds. The van der Waals surface area contributed by atoms with Gasteiger partial charge in [0.05, 0.1) is 17.8 Å². The van der Waals surface area contributed by atoms with Crippen LogP contribution in [0.25, 0.3) is 21.7 Å². The average Bonchev–Trinajstić information content (AvgIpc) is 3.36. The number of nitrogens with zero attached hydrogens (tertiary/aromatic N) is 1. The molecular formula is C24H21ClN2O3. The van der Waals surface area contributed by atoms with Crippen molar-refractivity contribution in [1.82, 2.24) is 4.98 Å². The van der Waals surface area contributed by atoms with Crippen molar-refractivity contribution < 1.29 is 14.6 Å². The Morgan fingerprint density at radius 1 is 1.20 bits per heavy atom. The monoisotopic (exact) mass is 420 g/mol.